The first-order chi connectivity index (χ1) is 6.25. The molecular formula is C11H16N2. The minimum Gasteiger partial charge on any atom is -0.399 e. The molecule has 1 aliphatic rings. The van der Waals surface area contributed by atoms with Crippen LogP contribution in [-0.4, -0.2) is 25.0 Å². The summed E-state index contributed by atoms with van der Waals surface area (Å²) in [6.07, 6.45) is 1.14. The zero-order chi connectivity index (χ0) is 9.26. The fourth-order valence-corrected chi connectivity index (χ4v) is 1.99. The van der Waals surface area contributed by atoms with Gasteiger partial charge in [-0.05, 0) is 31.0 Å². The molecule has 1 saturated heterocycles. The van der Waals surface area contributed by atoms with Gasteiger partial charge < -0.3 is 10.6 Å². The number of nitrogens with two attached hydrogens (primary N) is 1. The molecule has 2 rings (SSSR count). The van der Waals surface area contributed by atoms with Gasteiger partial charge in [0.05, 0.1) is 0 Å². The predicted octanol–water partition coefficient (Wildman–Crippen LogP) is 1.37. The second-order valence-corrected chi connectivity index (χ2v) is 3.99. The highest BCUT2D eigenvalue weighted by Gasteiger charge is 2.23. The Labute approximate surface area is 79.4 Å². The van der Waals surface area contributed by atoms with Gasteiger partial charge in [-0.1, -0.05) is 18.2 Å². The van der Waals surface area contributed by atoms with Gasteiger partial charge in [-0.2, -0.15) is 0 Å². The summed E-state index contributed by atoms with van der Waals surface area (Å²) in [5.74, 6) is 0.815. The van der Waals surface area contributed by atoms with Crippen molar-refractivity contribution >= 4 is 5.69 Å². The van der Waals surface area contributed by atoms with E-state index in [0.717, 1.165) is 18.0 Å². The van der Waals surface area contributed by atoms with E-state index in [9.17, 15) is 0 Å². The van der Waals surface area contributed by atoms with Crippen molar-refractivity contribution in [3.63, 3.8) is 0 Å². The SMILES string of the molecule is CN1CC(Cc2ccccc2N)C1. The third kappa shape index (κ3) is 1.83. The predicted molar refractivity (Wildman–Crippen MR) is 55.5 cm³/mol. The molecule has 0 aliphatic carbocycles. The van der Waals surface area contributed by atoms with Gasteiger partial charge in [0.15, 0.2) is 0 Å². The molecule has 0 spiro atoms. The molecule has 1 aromatic carbocycles. The number of likely N-dealkylation sites (tertiary alicyclic amines) is 1. The van der Waals surface area contributed by atoms with Gasteiger partial charge in [0, 0.05) is 18.8 Å². The van der Waals surface area contributed by atoms with E-state index >= 15 is 0 Å². The molecule has 0 bridgehead atoms. The summed E-state index contributed by atoms with van der Waals surface area (Å²) >= 11 is 0. The number of para-hydroxylation sites is 1. The summed E-state index contributed by atoms with van der Waals surface area (Å²) in [6.45, 7) is 2.43. The van der Waals surface area contributed by atoms with Crippen molar-refractivity contribution in [3.8, 4) is 0 Å². The first kappa shape index (κ1) is 8.57. The molecule has 2 N–H and O–H groups in total. The maximum atomic E-state index is 5.87. The van der Waals surface area contributed by atoms with Gasteiger partial charge in [-0.15, -0.1) is 0 Å². The summed E-state index contributed by atoms with van der Waals surface area (Å²) in [5, 5.41) is 0. The summed E-state index contributed by atoms with van der Waals surface area (Å²) in [7, 11) is 2.16. The van der Waals surface area contributed by atoms with Crippen LogP contribution in [-0.2, 0) is 6.42 Å². The Balaban J connectivity index is 1.98. The van der Waals surface area contributed by atoms with Crippen molar-refractivity contribution in [1.82, 2.24) is 4.90 Å². The molecule has 0 aromatic heterocycles. The maximum Gasteiger partial charge on any atom is 0.0346 e. The lowest BCUT2D eigenvalue weighted by Gasteiger charge is -2.36. The highest BCUT2D eigenvalue weighted by atomic mass is 15.2. The van der Waals surface area contributed by atoms with E-state index < -0.39 is 0 Å². The van der Waals surface area contributed by atoms with Crippen molar-refractivity contribution in [2.45, 2.75) is 6.42 Å². The number of nitrogens with zero attached hydrogens (tertiary/aromatic N) is 1. The van der Waals surface area contributed by atoms with Crippen molar-refractivity contribution in [2.75, 3.05) is 25.9 Å². The van der Waals surface area contributed by atoms with Gasteiger partial charge in [0.25, 0.3) is 0 Å². The van der Waals surface area contributed by atoms with Crippen LogP contribution in [0.4, 0.5) is 5.69 Å². The van der Waals surface area contributed by atoms with Crippen molar-refractivity contribution in [3.05, 3.63) is 29.8 Å². The molecule has 13 heavy (non-hydrogen) atoms. The lowest BCUT2D eigenvalue weighted by atomic mass is 9.92. The average Bonchev–Trinajstić information content (AvgIpc) is 2.06. The standard InChI is InChI=1S/C11H16N2/c1-13-7-9(8-13)6-10-4-2-3-5-11(10)12/h2-5,9H,6-8,12H2,1H3. The Hall–Kier alpha value is -1.02. The fourth-order valence-electron chi connectivity index (χ4n) is 1.99. The Bertz CT molecular complexity index is 290. The lowest BCUT2D eigenvalue weighted by Crippen LogP contribution is -2.44. The number of benzene rings is 1. The lowest BCUT2D eigenvalue weighted by molar-refractivity contribution is 0.135. The van der Waals surface area contributed by atoms with E-state index in [1.807, 2.05) is 12.1 Å². The van der Waals surface area contributed by atoms with Crippen LogP contribution in [0.15, 0.2) is 24.3 Å². The second kappa shape index (κ2) is 3.38. The van der Waals surface area contributed by atoms with Gasteiger partial charge in [0.2, 0.25) is 0 Å². The molecule has 1 fully saturated rings. The van der Waals surface area contributed by atoms with Gasteiger partial charge in [-0.25, -0.2) is 0 Å². The third-order valence-electron chi connectivity index (χ3n) is 2.70. The van der Waals surface area contributed by atoms with Crippen LogP contribution >= 0.6 is 0 Å². The number of nitrogen functional groups attached to an aromatic ring is 1. The summed E-state index contributed by atoms with van der Waals surface area (Å²) in [4.78, 5) is 2.34. The van der Waals surface area contributed by atoms with Crippen LogP contribution in [0.3, 0.4) is 0 Å². The Kier molecular flexibility index (Phi) is 2.23. The fraction of sp³-hybridized carbons (Fsp3) is 0.455. The molecule has 1 heterocycles. The zero-order valence-corrected chi connectivity index (χ0v) is 8.03. The second-order valence-electron chi connectivity index (χ2n) is 3.99. The highest BCUT2D eigenvalue weighted by molar-refractivity contribution is 5.46. The topological polar surface area (TPSA) is 29.3 Å². The molecule has 1 aromatic rings. The monoisotopic (exact) mass is 176 g/mol. The van der Waals surface area contributed by atoms with E-state index in [0.29, 0.717) is 0 Å². The van der Waals surface area contributed by atoms with Crippen LogP contribution in [0.25, 0.3) is 0 Å². The average molecular weight is 176 g/mol. The van der Waals surface area contributed by atoms with Gasteiger partial charge >= 0.3 is 0 Å². The normalized spacial score (nSPS) is 18.5. The summed E-state index contributed by atoms with van der Waals surface area (Å²) in [6, 6.07) is 8.17. The number of anilines is 1. The van der Waals surface area contributed by atoms with Crippen LogP contribution in [0, 0.1) is 5.92 Å². The maximum absolute atomic E-state index is 5.87. The number of rotatable bonds is 2. The Morgan fingerprint density at radius 2 is 2.08 bits per heavy atom. The first-order valence-electron chi connectivity index (χ1n) is 4.77. The summed E-state index contributed by atoms with van der Waals surface area (Å²) < 4.78 is 0. The van der Waals surface area contributed by atoms with Crippen LogP contribution < -0.4 is 5.73 Å². The molecule has 0 atom stereocenters. The largest absolute Gasteiger partial charge is 0.399 e. The molecule has 0 saturated carbocycles. The number of hydrogen-bond donors (Lipinski definition) is 1. The van der Waals surface area contributed by atoms with E-state index in [4.69, 9.17) is 5.73 Å². The molecular weight excluding hydrogens is 160 g/mol. The molecule has 0 amide bonds. The third-order valence-corrected chi connectivity index (χ3v) is 2.70. The first-order valence-corrected chi connectivity index (χ1v) is 4.77. The van der Waals surface area contributed by atoms with E-state index in [1.54, 1.807) is 0 Å². The Morgan fingerprint density at radius 3 is 2.69 bits per heavy atom. The van der Waals surface area contributed by atoms with Crippen molar-refractivity contribution in [1.29, 1.82) is 0 Å². The van der Waals surface area contributed by atoms with E-state index in [1.165, 1.54) is 18.7 Å². The smallest absolute Gasteiger partial charge is 0.0346 e. The molecule has 2 heteroatoms. The summed E-state index contributed by atoms with van der Waals surface area (Å²) in [5.41, 5.74) is 8.12. The van der Waals surface area contributed by atoms with Gasteiger partial charge in [-0.3, -0.25) is 0 Å². The highest BCUT2D eigenvalue weighted by Crippen LogP contribution is 2.21. The van der Waals surface area contributed by atoms with Gasteiger partial charge in [0.1, 0.15) is 0 Å². The molecule has 0 unspecified atom stereocenters. The van der Waals surface area contributed by atoms with Crippen LogP contribution in [0.2, 0.25) is 0 Å². The van der Waals surface area contributed by atoms with Crippen LogP contribution in [0.1, 0.15) is 5.56 Å². The quantitative estimate of drug-likeness (QED) is 0.690. The van der Waals surface area contributed by atoms with Crippen molar-refractivity contribution < 1.29 is 0 Å². The Morgan fingerprint density at radius 1 is 1.38 bits per heavy atom. The molecule has 70 valence electrons. The minimum absolute atomic E-state index is 0.815. The minimum atomic E-state index is 0.815. The van der Waals surface area contributed by atoms with Crippen molar-refractivity contribution in [2.24, 2.45) is 5.92 Å². The van der Waals surface area contributed by atoms with Crippen LogP contribution in [0.5, 0.6) is 0 Å². The molecule has 0 radical (unpaired) electrons. The molecule has 1 aliphatic heterocycles. The molecule has 2 nitrogen and oxygen atoms in total. The number of hydrogen-bond acceptors (Lipinski definition) is 2. The van der Waals surface area contributed by atoms with E-state index in [-0.39, 0.29) is 0 Å². The zero-order valence-electron chi connectivity index (χ0n) is 8.03. The van der Waals surface area contributed by atoms with E-state index in [2.05, 4.69) is 24.1 Å².